The molecule has 0 spiro atoms. The standard InChI is InChI=1S/C10H19N5O2S2/c1-8(2)11-4-5-15-10(12-13-14-15)18-9-3-6-19(16,17)7-9/h8-9,11H,3-7H2,1-2H3. The highest BCUT2D eigenvalue weighted by molar-refractivity contribution is 8.01. The molecule has 1 saturated heterocycles. The lowest BCUT2D eigenvalue weighted by atomic mass is 10.4. The number of hydrogen-bond acceptors (Lipinski definition) is 7. The number of hydrogen-bond donors (Lipinski definition) is 1. The van der Waals surface area contributed by atoms with E-state index in [-0.39, 0.29) is 16.8 Å². The van der Waals surface area contributed by atoms with Gasteiger partial charge in [-0.05, 0) is 16.8 Å². The van der Waals surface area contributed by atoms with E-state index >= 15 is 0 Å². The van der Waals surface area contributed by atoms with Crippen LogP contribution in [-0.4, -0.2) is 58.0 Å². The van der Waals surface area contributed by atoms with Gasteiger partial charge < -0.3 is 5.32 Å². The quantitative estimate of drug-likeness (QED) is 0.788. The zero-order valence-electron chi connectivity index (χ0n) is 11.1. The molecular formula is C10H19N5O2S2. The summed E-state index contributed by atoms with van der Waals surface area (Å²) in [5, 5.41) is 15.6. The molecule has 0 bridgehead atoms. The number of aromatic nitrogens is 4. The van der Waals surface area contributed by atoms with Gasteiger partial charge in [0, 0.05) is 17.8 Å². The Labute approximate surface area is 117 Å². The van der Waals surface area contributed by atoms with Crippen LogP contribution in [0.3, 0.4) is 0 Å². The maximum absolute atomic E-state index is 11.4. The molecule has 1 N–H and O–H groups in total. The molecule has 1 unspecified atom stereocenters. The van der Waals surface area contributed by atoms with Crippen molar-refractivity contribution in [2.24, 2.45) is 0 Å². The monoisotopic (exact) mass is 305 g/mol. The van der Waals surface area contributed by atoms with Crippen molar-refractivity contribution in [2.75, 3.05) is 18.1 Å². The van der Waals surface area contributed by atoms with Crippen molar-refractivity contribution in [1.29, 1.82) is 0 Å². The van der Waals surface area contributed by atoms with Crippen LogP contribution in [0, 0.1) is 0 Å². The van der Waals surface area contributed by atoms with Crippen molar-refractivity contribution in [3.05, 3.63) is 0 Å². The Kier molecular flexibility index (Phi) is 4.80. The fraction of sp³-hybridized carbons (Fsp3) is 0.900. The first-order valence-electron chi connectivity index (χ1n) is 6.33. The van der Waals surface area contributed by atoms with Crippen molar-refractivity contribution in [1.82, 2.24) is 25.5 Å². The Hall–Kier alpha value is -0.670. The first-order chi connectivity index (χ1) is 8.96. The van der Waals surface area contributed by atoms with Gasteiger partial charge in [-0.25, -0.2) is 13.1 Å². The second-order valence-corrected chi connectivity index (χ2v) is 8.43. The third-order valence-corrected chi connectivity index (χ3v) is 6.06. The van der Waals surface area contributed by atoms with Crippen molar-refractivity contribution < 1.29 is 8.42 Å². The van der Waals surface area contributed by atoms with Gasteiger partial charge in [0.15, 0.2) is 9.84 Å². The molecule has 9 heteroatoms. The molecule has 0 aromatic carbocycles. The molecule has 1 atom stereocenters. The van der Waals surface area contributed by atoms with E-state index in [1.54, 1.807) is 4.68 Å². The molecule has 1 aromatic rings. The van der Waals surface area contributed by atoms with Gasteiger partial charge in [0.25, 0.3) is 0 Å². The van der Waals surface area contributed by atoms with Crippen LogP contribution in [0.15, 0.2) is 5.16 Å². The number of sulfone groups is 1. The van der Waals surface area contributed by atoms with E-state index in [4.69, 9.17) is 0 Å². The van der Waals surface area contributed by atoms with E-state index in [2.05, 4.69) is 34.7 Å². The van der Waals surface area contributed by atoms with Crippen LogP contribution in [-0.2, 0) is 16.4 Å². The molecule has 108 valence electrons. The summed E-state index contributed by atoms with van der Waals surface area (Å²) in [6.07, 6.45) is 0.685. The second kappa shape index (κ2) is 6.19. The molecule has 1 fully saturated rings. The lowest BCUT2D eigenvalue weighted by molar-refractivity contribution is 0.484. The zero-order valence-corrected chi connectivity index (χ0v) is 12.7. The molecule has 1 aliphatic rings. The van der Waals surface area contributed by atoms with Gasteiger partial charge in [-0.3, -0.25) is 0 Å². The van der Waals surface area contributed by atoms with Crippen LogP contribution in [0.25, 0.3) is 0 Å². The lowest BCUT2D eigenvalue weighted by Crippen LogP contribution is -2.27. The Morgan fingerprint density at radius 1 is 1.53 bits per heavy atom. The van der Waals surface area contributed by atoms with Crippen LogP contribution < -0.4 is 5.32 Å². The highest BCUT2D eigenvalue weighted by Gasteiger charge is 2.30. The Morgan fingerprint density at radius 2 is 2.32 bits per heavy atom. The number of tetrazole rings is 1. The minimum absolute atomic E-state index is 0.0767. The summed E-state index contributed by atoms with van der Waals surface area (Å²) in [7, 11) is -2.85. The van der Waals surface area contributed by atoms with Gasteiger partial charge in [-0.1, -0.05) is 25.6 Å². The summed E-state index contributed by atoms with van der Waals surface area (Å²) in [5.41, 5.74) is 0. The smallest absolute Gasteiger partial charge is 0.209 e. The van der Waals surface area contributed by atoms with Gasteiger partial charge in [-0.15, -0.1) is 5.10 Å². The van der Waals surface area contributed by atoms with Crippen molar-refractivity contribution in [3.8, 4) is 0 Å². The summed E-state index contributed by atoms with van der Waals surface area (Å²) in [6, 6.07) is 0.424. The first kappa shape index (κ1) is 14.7. The fourth-order valence-electron chi connectivity index (χ4n) is 1.88. The molecular weight excluding hydrogens is 286 g/mol. The van der Waals surface area contributed by atoms with Crippen LogP contribution in [0.4, 0.5) is 0 Å². The Balaban J connectivity index is 1.89. The summed E-state index contributed by atoms with van der Waals surface area (Å²) in [6.45, 7) is 5.64. The number of rotatable bonds is 6. The Bertz CT molecular complexity index is 514. The molecule has 0 radical (unpaired) electrons. The van der Waals surface area contributed by atoms with E-state index < -0.39 is 9.84 Å². The summed E-state index contributed by atoms with van der Waals surface area (Å²) < 4.78 is 24.6. The highest BCUT2D eigenvalue weighted by Crippen LogP contribution is 2.29. The van der Waals surface area contributed by atoms with Gasteiger partial charge in [0.2, 0.25) is 5.16 Å². The minimum atomic E-state index is -2.85. The predicted octanol–water partition coefficient (Wildman–Crippen LogP) is -0.0497. The molecule has 2 rings (SSSR count). The molecule has 1 aromatic heterocycles. The average molecular weight is 305 g/mol. The zero-order chi connectivity index (χ0) is 13.9. The van der Waals surface area contributed by atoms with Crippen molar-refractivity contribution in [3.63, 3.8) is 0 Å². The van der Waals surface area contributed by atoms with E-state index in [1.807, 2.05) is 0 Å². The van der Waals surface area contributed by atoms with Crippen molar-refractivity contribution in [2.45, 2.75) is 43.3 Å². The van der Waals surface area contributed by atoms with Gasteiger partial charge in [-0.2, -0.15) is 0 Å². The summed E-state index contributed by atoms with van der Waals surface area (Å²) in [4.78, 5) is 0. The molecule has 0 saturated carbocycles. The molecule has 0 amide bonds. The molecule has 2 heterocycles. The second-order valence-electron chi connectivity index (χ2n) is 4.94. The molecule has 1 aliphatic heterocycles. The number of nitrogens with zero attached hydrogens (tertiary/aromatic N) is 4. The van der Waals surface area contributed by atoms with E-state index in [0.717, 1.165) is 6.54 Å². The van der Waals surface area contributed by atoms with Crippen LogP contribution in [0.2, 0.25) is 0 Å². The Morgan fingerprint density at radius 3 is 2.95 bits per heavy atom. The predicted molar refractivity (Wildman–Crippen MR) is 73.9 cm³/mol. The largest absolute Gasteiger partial charge is 0.313 e. The highest BCUT2D eigenvalue weighted by atomic mass is 32.2. The first-order valence-corrected chi connectivity index (χ1v) is 9.03. The fourth-order valence-corrected chi connectivity index (χ4v) is 5.34. The summed E-state index contributed by atoms with van der Waals surface area (Å²) >= 11 is 1.47. The van der Waals surface area contributed by atoms with Crippen molar-refractivity contribution >= 4 is 21.6 Å². The van der Waals surface area contributed by atoms with Crippen LogP contribution in [0.1, 0.15) is 20.3 Å². The van der Waals surface area contributed by atoms with Gasteiger partial charge >= 0.3 is 0 Å². The van der Waals surface area contributed by atoms with Gasteiger partial charge in [0.1, 0.15) is 0 Å². The maximum Gasteiger partial charge on any atom is 0.209 e. The van der Waals surface area contributed by atoms with Gasteiger partial charge in [0.05, 0.1) is 18.1 Å². The third-order valence-electron chi connectivity index (χ3n) is 2.84. The number of thioether (sulfide) groups is 1. The molecule has 7 nitrogen and oxygen atoms in total. The van der Waals surface area contributed by atoms with E-state index in [1.165, 1.54) is 11.8 Å². The SMILES string of the molecule is CC(C)NCCn1nnnc1SC1CCS(=O)(=O)C1. The number of nitrogens with one attached hydrogen (secondary N) is 1. The maximum atomic E-state index is 11.4. The normalized spacial score (nSPS) is 22.2. The lowest BCUT2D eigenvalue weighted by Gasteiger charge is -2.10. The third kappa shape index (κ3) is 4.43. The molecule has 19 heavy (non-hydrogen) atoms. The van der Waals surface area contributed by atoms with Crippen LogP contribution in [0.5, 0.6) is 0 Å². The minimum Gasteiger partial charge on any atom is -0.313 e. The topological polar surface area (TPSA) is 89.8 Å². The van der Waals surface area contributed by atoms with Crippen LogP contribution >= 0.6 is 11.8 Å². The average Bonchev–Trinajstić information content (AvgIpc) is 2.86. The van der Waals surface area contributed by atoms with E-state index in [0.29, 0.717) is 24.2 Å². The summed E-state index contributed by atoms with van der Waals surface area (Å²) in [5.74, 6) is 0.510. The molecule has 0 aliphatic carbocycles. The van der Waals surface area contributed by atoms with E-state index in [9.17, 15) is 8.42 Å².